The molecule has 0 radical (unpaired) electrons. The van der Waals surface area contributed by atoms with Crippen molar-refractivity contribution < 1.29 is 9.84 Å². The van der Waals surface area contributed by atoms with E-state index in [0.717, 1.165) is 19.5 Å². The highest BCUT2D eigenvalue weighted by molar-refractivity contribution is 5.42. The summed E-state index contributed by atoms with van der Waals surface area (Å²) in [4.78, 5) is 2.10. The summed E-state index contributed by atoms with van der Waals surface area (Å²) in [6.45, 7) is 3.93. The van der Waals surface area contributed by atoms with Crippen molar-refractivity contribution in [1.82, 2.24) is 4.90 Å². The molecule has 0 aliphatic carbocycles. The van der Waals surface area contributed by atoms with E-state index in [0.29, 0.717) is 17.9 Å². The standard InChI is InChI=1S/C14H20N2O2/c1-12(17)7-8-16(2)9-10-18-14-6-4-3-5-13(14)11-15/h3-6,12,17H,7-10H2,1-2H3. The second-order valence-electron chi connectivity index (χ2n) is 4.40. The van der Waals surface area contributed by atoms with Crippen LogP contribution in [0.1, 0.15) is 18.9 Å². The van der Waals surface area contributed by atoms with Crippen LogP contribution in [0.4, 0.5) is 0 Å². The molecule has 1 atom stereocenters. The first kappa shape index (κ1) is 14.5. The zero-order valence-corrected chi connectivity index (χ0v) is 11.0. The average molecular weight is 248 g/mol. The second-order valence-corrected chi connectivity index (χ2v) is 4.40. The van der Waals surface area contributed by atoms with E-state index in [2.05, 4.69) is 11.0 Å². The van der Waals surface area contributed by atoms with Gasteiger partial charge in [0, 0.05) is 13.1 Å². The smallest absolute Gasteiger partial charge is 0.137 e. The highest BCUT2D eigenvalue weighted by Gasteiger charge is 2.04. The van der Waals surface area contributed by atoms with Crippen LogP contribution in [0, 0.1) is 11.3 Å². The number of aliphatic hydroxyl groups is 1. The molecule has 4 nitrogen and oxygen atoms in total. The summed E-state index contributed by atoms with van der Waals surface area (Å²) in [5.41, 5.74) is 0.559. The maximum Gasteiger partial charge on any atom is 0.137 e. The molecule has 0 fully saturated rings. The number of ether oxygens (including phenoxy) is 1. The van der Waals surface area contributed by atoms with Crippen LogP contribution in [0.5, 0.6) is 5.75 Å². The van der Waals surface area contributed by atoms with E-state index in [1.807, 2.05) is 19.2 Å². The van der Waals surface area contributed by atoms with E-state index in [1.54, 1.807) is 19.1 Å². The first-order valence-corrected chi connectivity index (χ1v) is 6.12. The van der Waals surface area contributed by atoms with Crippen LogP contribution in [0.3, 0.4) is 0 Å². The third kappa shape index (κ3) is 5.17. The molecular weight excluding hydrogens is 228 g/mol. The summed E-state index contributed by atoms with van der Waals surface area (Å²) in [6.07, 6.45) is 0.485. The molecule has 1 rings (SSSR count). The van der Waals surface area contributed by atoms with E-state index in [1.165, 1.54) is 0 Å². The zero-order chi connectivity index (χ0) is 13.4. The quantitative estimate of drug-likeness (QED) is 0.797. The lowest BCUT2D eigenvalue weighted by Crippen LogP contribution is -2.27. The van der Waals surface area contributed by atoms with Crippen molar-refractivity contribution in [2.24, 2.45) is 0 Å². The van der Waals surface area contributed by atoms with Crippen LogP contribution in [-0.4, -0.2) is 42.9 Å². The molecule has 1 N–H and O–H groups in total. The highest BCUT2D eigenvalue weighted by Crippen LogP contribution is 2.16. The molecule has 1 aromatic rings. The van der Waals surface area contributed by atoms with Gasteiger partial charge in [-0.25, -0.2) is 0 Å². The molecule has 0 heterocycles. The summed E-state index contributed by atoms with van der Waals surface area (Å²) < 4.78 is 5.58. The van der Waals surface area contributed by atoms with Gasteiger partial charge in [-0.15, -0.1) is 0 Å². The fourth-order valence-electron chi connectivity index (χ4n) is 1.52. The summed E-state index contributed by atoms with van der Waals surface area (Å²) >= 11 is 0. The highest BCUT2D eigenvalue weighted by atomic mass is 16.5. The maximum atomic E-state index is 9.18. The normalized spacial score (nSPS) is 12.2. The van der Waals surface area contributed by atoms with Crippen molar-refractivity contribution in [3.63, 3.8) is 0 Å². The topological polar surface area (TPSA) is 56.5 Å². The van der Waals surface area contributed by atoms with Crippen LogP contribution in [-0.2, 0) is 0 Å². The molecule has 0 amide bonds. The number of para-hydroxylation sites is 1. The van der Waals surface area contributed by atoms with Gasteiger partial charge in [0.15, 0.2) is 0 Å². The lowest BCUT2D eigenvalue weighted by Gasteiger charge is -2.17. The van der Waals surface area contributed by atoms with Gasteiger partial charge in [0.2, 0.25) is 0 Å². The molecule has 0 bridgehead atoms. The van der Waals surface area contributed by atoms with Crippen molar-refractivity contribution in [2.75, 3.05) is 26.7 Å². The number of benzene rings is 1. The minimum atomic E-state index is -0.271. The molecule has 0 aliphatic heterocycles. The Morgan fingerprint density at radius 1 is 1.39 bits per heavy atom. The lowest BCUT2D eigenvalue weighted by molar-refractivity contribution is 0.157. The van der Waals surface area contributed by atoms with Gasteiger partial charge in [-0.3, -0.25) is 0 Å². The predicted molar refractivity (Wildman–Crippen MR) is 70.4 cm³/mol. The van der Waals surface area contributed by atoms with Crippen molar-refractivity contribution in [3.05, 3.63) is 29.8 Å². The summed E-state index contributed by atoms with van der Waals surface area (Å²) in [7, 11) is 1.99. The van der Waals surface area contributed by atoms with Crippen LogP contribution < -0.4 is 4.74 Å². The average Bonchev–Trinajstić information content (AvgIpc) is 2.37. The molecule has 0 saturated carbocycles. The Bertz CT molecular complexity index is 399. The third-order valence-electron chi connectivity index (χ3n) is 2.67. The van der Waals surface area contributed by atoms with E-state index in [9.17, 15) is 5.11 Å². The van der Waals surface area contributed by atoms with Crippen molar-refractivity contribution in [1.29, 1.82) is 5.26 Å². The Labute approximate surface area is 108 Å². The van der Waals surface area contributed by atoms with Gasteiger partial charge in [0.25, 0.3) is 0 Å². The first-order valence-electron chi connectivity index (χ1n) is 6.12. The monoisotopic (exact) mass is 248 g/mol. The van der Waals surface area contributed by atoms with Crippen LogP contribution >= 0.6 is 0 Å². The Kier molecular flexibility index (Phi) is 6.20. The number of likely N-dealkylation sites (N-methyl/N-ethyl adjacent to an activating group) is 1. The van der Waals surface area contributed by atoms with E-state index < -0.39 is 0 Å². The molecule has 0 saturated heterocycles. The van der Waals surface area contributed by atoms with E-state index >= 15 is 0 Å². The van der Waals surface area contributed by atoms with Crippen molar-refractivity contribution >= 4 is 0 Å². The van der Waals surface area contributed by atoms with Gasteiger partial charge in [0.05, 0.1) is 11.7 Å². The molecule has 1 unspecified atom stereocenters. The van der Waals surface area contributed by atoms with Crippen LogP contribution in [0.2, 0.25) is 0 Å². The number of nitrogens with zero attached hydrogens (tertiary/aromatic N) is 2. The molecular formula is C14H20N2O2. The second kappa shape index (κ2) is 7.70. The molecule has 0 aliphatic rings. The molecule has 18 heavy (non-hydrogen) atoms. The Morgan fingerprint density at radius 2 is 2.11 bits per heavy atom. The minimum Gasteiger partial charge on any atom is -0.491 e. The molecule has 0 aromatic heterocycles. The Morgan fingerprint density at radius 3 is 2.78 bits per heavy atom. The number of nitriles is 1. The van der Waals surface area contributed by atoms with E-state index in [4.69, 9.17) is 10.00 Å². The number of hydrogen-bond acceptors (Lipinski definition) is 4. The number of rotatable bonds is 7. The van der Waals surface area contributed by atoms with E-state index in [-0.39, 0.29) is 6.10 Å². The van der Waals surface area contributed by atoms with Crippen LogP contribution in [0.25, 0.3) is 0 Å². The fraction of sp³-hybridized carbons (Fsp3) is 0.500. The zero-order valence-electron chi connectivity index (χ0n) is 11.0. The molecule has 4 heteroatoms. The van der Waals surface area contributed by atoms with Gasteiger partial charge >= 0.3 is 0 Å². The Balaban J connectivity index is 2.31. The first-order chi connectivity index (χ1) is 8.63. The SMILES string of the molecule is CC(O)CCN(C)CCOc1ccccc1C#N. The van der Waals surface area contributed by atoms with Crippen molar-refractivity contribution in [3.8, 4) is 11.8 Å². The lowest BCUT2D eigenvalue weighted by atomic mass is 10.2. The fourth-order valence-corrected chi connectivity index (χ4v) is 1.52. The van der Waals surface area contributed by atoms with Gasteiger partial charge in [-0.05, 0) is 32.5 Å². The predicted octanol–water partition coefficient (Wildman–Crippen LogP) is 1.64. The number of hydrogen-bond donors (Lipinski definition) is 1. The summed E-state index contributed by atoms with van der Waals surface area (Å²) in [5.74, 6) is 0.629. The summed E-state index contributed by atoms with van der Waals surface area (Å²) in [6, 6.07) is 9.32. The van der Waals surface area contributed by atoms with Gasteiger partial charge in [0.1, 0.15) is 18.4 Å². The summed E-state index contributed by atoms with van der Waals surface area (Å²) in [5, 5.41) is 18.1. The van der Waals surface area contributed by atoms with Gasteiger partial charge in [-0.1, -0.05) is 12.1 Å². The van der Waals surface area contributed by atoms with Gasteiger partial charge < -0.3 is 14.7 Å². The maximum absolute atomic E-state index is 9.18. The molecule has 0 spiro atoms. The minimum absolute atomic E-state index is 0.271. The van der Waals surface area contributed by atoms with Crippen molar-refractivity contribution in [2.45, 2.75) is 19.4 Å². The number of aliphatic hydroxyl groups excluding tert-OH is 1. The largest absolute Gasteiger partial charge is 0.491 e. The molecule has 1 aromatic carbocycles. The van der Waals surface area contributed by atoms with Crippen LogP contribution in [0.15, 0.2) is 24.3 Å². The Hall–Kier alpha value is -1.57. The van der Waals surface area contributed by atoms with Gasteiger partial charge in [-0.2, -0.15) is 5.26 Å². The molecule has 98 valence electrons. The third-order valence-corrected chi connectivity index (χ3v) is 2.67.